The van der Waals surface area contributed by atoms with Gasteiger partial charge in [0.15, 0.2) is 0 Å². The highest BCUT2D eigenvalue weighted by molar-refractivity contribution is 9.10. The van der Waals surface area contributed by atoms with Crippen LogP contribution in [0.25, 0.3) is 21.5 Å². The maximum atomic E-state index is 13.3. The monoisotopic (exact) mass is 468 g/mol. The molecule has 4 nitrogen and oxygen atoms in total. The SMILES string of the molecule is COC(=O)c1c(S(=O)(=O)c2ccc(C)cc2)ccc2cc3c(Br)cccc3cc12. The zero-order chi connectivity index (χ0) is 20.8. The highest BCUT2D eigenvalue weighted by atomic mass is 79.9. The van der Waals surface area contributed by atoms with Crippen LogP contribution in [0.1, 0.15) is 15.9 Å². The standard InChI is InChI=1S/C23H17BrO4S/c1-14-6-9-17(10-7-14)29(26,27)21-11-8-16-12-18-15(4-3-5-20(18)24)13-19(16)22(21)23(25)28-2/h3-13H,1-2H3. The lowest BCUT2D eigenvalue weighted by Gasteiger charge is -2.14. The molecule has 4 aromatic carbocycles. The van der Waals surface area contributed by atoms with Crippen molar-refractivity contribution < 1.29 is 17.9 Å². The molecule has 0 radical (unpaired) electrons. The highest BCUT2D eigenvalue weighted by Crippen LogP contribution is 2.35. The van der Waals surface area contributed by atoms with Gasteiger partial charge in [-0.2, -0.15) is 0 Å². The lowest BCUT2D eigenvalue weighted by atomic mass is 9.99. The van der Waals surface area contributed by atoms with E-state index >= 15 is 0 Å². The van der Waals surface area contributed by atoms with Crippen LogP contribution in [0.3, 0.4) is 0 Å². The van der Waals surface area contributed by atoms with Crippen molar-refractivity contribution in [1.82, 2.24) is 0 Å². The number of fused-ring (bicyclic) bond motifs is 2. The van der Waals surface area contributed by atoms with Crippen molar-refractivity contribution in [3.63, 3.8) is 0 Å². The smallest absolute Gasteiger partial charge is 0.339 e. The second kappa shape index (κ2) is 7.28. The number of aryl methyl sites for hydroxylation is 1. The van der Waals surface area contributed by atoms with E-state index in [1.165, 1.54) is 13.2 Å². The van der Waals surface area contributed by atoms with E-state index in [-0.39, 0.29) is 15.4 Å². The average Bonchev–Trinajstić information content (AvgIpc) is 2.71. The van der Waals surface area contributed by atoms with Crippen molar-refractivity contribution in [2.45, 2.75) is 16.7 Å². The van der Waals surface area contributed by atoms with Gasteiger partial charge in [0.2, 0.25) is 9.84 Å². The predicted molar refractivity (Wildman–Crippen MR) is 117 cm³/mol. The molecule has 0 amide bonds. The summed E-state index contributed by atoms with van der Waals surface area (Å²) in [5.41, 5.74) is 1.00. The number of hydrogen-bond donors (Lipinski definition) is 0. The Balaban J connectivity index is 2.08. The third-order valence-corrected chi connectivity index (χ3v) is 7.44. The van der Waals surface area contributed by atoms with Gasteiger partial charge in [0.25, 0.3) is 0 Å². The Morgan fingerprint density at radius 2 is 1.55 bits per heavy atom. The molecule has 0 saturated heterocycles. The van der Waals surface area contributed by atoms with Crippen LogP contribution in [0.4, 0.5) is 0 Å². The van der Waals surface area contributed by atoms with Crippen LogP contribution in [-0.2, 0) is 14.6 Å². The molecule has 0 N–H and O–H groups in total. The molecule has 0 atom stereocenters. The molecule has 6 heteroatoms. The van der Waals surface area contributed by atoms with Crippen molar-refractivity contribution in [2.75, 3.05) is 7.11 Å². The minimum absolute atomic E-state index is 0.0486. The van der Waals surface area contributed by atoms with Gasteiger partial charge < -0.3 is 4.74 Å². The molecule has 0 fully saturated rings. The summed E-state index contributed by atoms with van der Waals surface area (Å²) in [6.07, 6.45) is 0. The van der Waals surface area contributed by atoms with Crippen LogP contribution >= 0.6 is 15.9 Å². The van der Waals surface area contributed by atoms with Gasteiger partial charge in [0.05, 0.1) is 22.5 Å². The lowest BCUT2D eigenvalue weighted by molar-refractivity contribution is 0.0598. The topological polar surface area (TPSA) is 60.4 Å². The fraction of sp³-hybridized carbons (Fsp3) is 0.0870. The molecule has 0 heterocycles. The maximum absolute atomic E-state index is 13.3. The van der Waals surface area contributed by atoms with Crippen LogP contribution in [0.2, 0.25) is 0 Å². The van der Waals surface area contributed by atoms with Gasteiger partial charge in [-0.3, -0.25) is 0 Å². The third kappa shape index (κ3) is 3.32. The van der Waals surface area contributed by atoms with Crippen molar-refractivity contribution in [3.05, 3.63) is 82.3 Å². The van der Waals surface area contributed by atoms with E-state index in [2.05, 4.69) is 15.9 Å². The Morgan fingerprint density at radius 3 is 2.24 bits per heavy atom. The van der Waals surface area contributed by atoms with Crippen molar-refractivity contribution in [2.24, 2.45) is 0 Å². The number of esters is 1. The van der Waals surface area contributed by atoms with Crippen molar-refractivity contribution in [3.8, 4) is 0 Å². The number of methoxy groups -OCH3 is 1. The van der Waals surface area contributed by atoms with E-state index < -0.39 is 15.8 Å². The molecular weight excluding hydrogens is 452 g/mol. The van der Waals surface area contributed by atoms with E-state index in [9.17, 15) is 13.2 Å². The van der Waals surface area contributed by atoms with Crippen molar-refractivity contribution in [1.29, 1.82) is 0 Å². The van der Waals surface area contributed by atoms with E-state index in [0.29, 0.717) is 5.39 Å². The fourth-order valence-corrected chi connectivity index (χ4v) is 5.37. The molecule has 29 heavy (non-hydrogen) atoms. The Bertz CT molecular complexity index is 1370. The molecule has 0 spiro atoms. The number of halogens is 1. The number of benzene rings is 4. The molecular formula is C23H17BrO4S. The third-order valence-electron chi connectivity index (χ3n) is 4.94. The van der Waals surface area contributed by atoms with Crippen molar-refractivity contribution >= 4 is 53.3 Å². The molecule has 0 aliphatic heterocycles. The summed E-state index contributed by atoms with van der Waals surface area (Å²) >= 11 is 3.54. The second-order valence-electron chi connectivity index (χ2n) is 6.78. The number of hydrogen-bond acceptors (Lipinski definition) is 4. The number of sulfone groups is 1. The zero-order valence-corrected chi connectivity index (χ0v) is 18.2. The lowest BCUT2D eigenvalue weighted by Crippen LogP contribution is -2.12. The van der Waals surface area contributed by atoms with Gasteiger partial charge in [0.1, 0.15) is 0 Å². The Hall–Kier alpha value is -2.70. The van der Waals surface area contributed by atoms with Gasteiger partial charge in [-0.25, -0.2) is 13.2 Å². The summed E-state index contributed by atoms with van der Waals surface area (Å²) < 4.78 is 32.5. The van der Waals surface area contributed by atoms with E-state index in [1.807, 2.05) is 37.3 Å². The first-order chi connectivity index (χ1) is 13.8. The van der Waals surface area contributed by atoms with Gasteiger partial charge >= 0.3 is 5.97 Å². The minimum Gasteiger partial charge on any atom is -0.465 e. The molecule has 4 rings (SSSR count). The zero-order valence-electron chi connectivity index (χ0n) is 15.8. The van der Waals surface area contributed by atoms with Crippen LogP contribution in [0.5, 0.6) is 0 Å². The van der Waals surface area contributed by atoms with E-state index in [4.69, 9.17) is 4.74 Å². The number of ether oxygens (including phenoxy) is 1. The molecule has 146 valence electrons. The molecule has 0 unspecified atom stereocenters. The van der Waals surface area contributed by atoms with Crippen LogP contribution in [0.15, 0.2) is 81.0 Å². The number of carbonyl (C=O) groups is 1. The molecule has 0 aliphatic carbocycles. The predicted octanol–water partition coefficient (Wildman–Crippen LogP) is 5.68. The van der Waals surface area contributed by atoms with Gasteiger partial charge in [0, 0.05) is 4.47 Å². The van der Waals surface area contributed by atoms with Gasteiger partial charge in [-0.05, 0) is 64.9 Å². The van der Waals surface area contributed by atoms with E-state index in [0.717, 1.165) is 26.2 Å². The molecule has 0 aliphatic rings. The molecule has 0 saturated carbocycles. The number of rotatable bonds is 3. The largest absolute Gasteiger partial charge is 0.465 e. The normalized spacial score (nSPS) is 11.7. The molecule has 0 bridgehead atoms. The second-order valence-corrected chi connectivity index (χ2v) is 9.55. The quantitative estimate of drug-likeness (QED) is 0.286. The first-order valence-corrected chi connectivity index (χ1v) is 11.2. The van der Waals surface area contributed by atoms with Crippen LogP contribution < -0.4 is 0 Å². The summed E-state index contributed by atoms with van der Waals surface area (Å²) in [7, 11) is -2.65. The van der Waals surface area contributed by atoms with Crippen LogP contribution in [-0.4, -0.2) is 21.5 Å². The summed E-state index contributed by atoms with van der Waals surface area (Å²) in [5, 5.41) is 3.16. The number of carbonyl (C=O) groups excluding carboxylic acids is 1. The Labute approximate surface area is 177 Å². The molecule has 4 aromatic rings. The average molecular weight is 469 g/mol. The Kier molecular flexibility index (Phi) is 4.92. The summed E-state index contributed by atoms with van der Waals surface area (Å²) in [6.45, 7) is 1.88. The first-order valence-electron chi connectivity index (χ1n) is 8.88. The summed E-state index contributed by atoms with van der Waals surface area (Å²) in [5.74, 6) is -0.685. The molecule has 0 aromatic heterocycles. The minimum atomic E-state index is -3.90. The summed E-state index contributed by atoms with van der Waals surface area (Å²) in [6, 6.07) is 19.3. The Morgan fingerprint density at radius 1 is 0.897 bits per heavy atom. The van der Waals surface area contributed by atoms with Gasteiger partial charge in [-0.1, -0.05) is 51.8 Å². The summed E-state index contributed by atoms with van der Waals surface area (Å²) in [4.78, 5) is 12.8. The van der Waals surface area contributed by atoms with Crippen LogP contribution in [0, 0.1) is 6.92 Å². The first kappa shape index (κ1) is 19.6. The van der Waals surface area contributed by atoms with E-state index in [1.54, 1.807) is 30.3 Å². The fourth-order valence-electron chi connectivity index (χ4n) is 3.42. The highest BCUT2D eigenvalue weighted by Gasteiger charge is 2.27. The maximum Gasteiger partial charge on any atom is 0.339 e. The van der Waals surface area contributed by atoms with Gasteiger partial charge in [-0.15, -0.1) is 0 Å².